The Kier molecular flexibility index (Phi) is 7.25. The molecule has 0 aliphatic heterocycles. The second-order valence-electron chi connectivity index (χ2n) is 6.00. The summed E-state index contributed by atoms with van der Waals surface area (Å²) < 4.78 is 0. The largest absolute Gasteiger partial charge is 0.465 e. The van der Waals surface area contributed by atoms with Crippen LogP contribution >= 0.6 is 34.8 Å². The molecule has 2 aromatic carbocycles. The van der Waals surface area contributed by atoms with Crippen LogP contribution in [0.1, 0.15) is 18.1 Å². The number of carboxylic acid groups (broad SMARTS) is 1. The van der Waals surface area contributed by atoms with Crippen LogP contribution in [-0.4, -0.2) is 22.8 Å². The molecule has 2 amide bonds. The quantitative estimate of drug-likeness (QED) is 0.438. The Hall–Kier alpha value is -3.30. The molecule has 8 nitrogen and oxygen atoms in total. The molecule has 0 radical (unpaired) electrons. The van der Waals surface area contributed by atoms with Gasteiger partial charge in [0.2, 0.25) is 5.71 Å². The number of halogens is 3. The molecule has 0 bridgehead atoms. The lowest BCUT2D eigenvalue weighted by Crippen LogP contribution is -2.34. The summed E-state index contributed by atoms with van der Waals surface area (Å²) in [5.74, 6) is -1.20. The summed E-state index contributed by atoms with van der Waals surface area (Å²) in [5.41, 5.74) is 1.67. The smallest absolute Gasteiger partial charge is 0.411 e. The molecule has 0 aromatic heterocycles. The number of hydrogen-bond acceptors (Lipinski definition) is 6. The van der Waals surface area contributed by atoms with E-state index in [9.17, 15) is 14.9 Å². The standard InChI is InChI=1S/C19H12Cl3N5O3/c1-19(9-24,10-2-4-11(20)5-3-10)16-13(21)6-12(7-14(16)22)26-27-15(8-23)17(28)25-18(29)30/h2-7,26H,1H3,(H,25,28)(H,29,30). The second kappa shape index (κ2) is 9.47. The van der Waals surface area contributed by atoms with Crippen molar-refractivity contribution in [3.63, 3.8) is 0 Å². The fourth-order valence-electron chi connectivity index (χ4n) is 2.57. The van der Waals surface area contributed by atoms with Gasteiger partial charge in [-0.15, -0.1) is 0 Å². The van der Waals surface area contributed by atoms with Crippen molar-refractivity contribution in [2.75, 3.05) is 5.43 Å². The number of hydrogen-bond donors (Lipinski definition) is 3. The summed E-state index contributed by atoms with van der Waals surface area (Å²) >= 11 is 18.7. The number of carbonyl (C=O) groups excluding carboxylic acids is 1. The predicted molar refractivity (Wildman–Crippen MR) is 113 cm³/mol. The molecular formula is C19H12Cl3N5O3. The summed E-state index contributed by atoms with van der Waals surface area (Å²) in [4.78, 5) is 22.1. The summed E-state index contributed by atoms with van der Waals surface area (Å²) in [6.45, 7) is 1.65. The maximum atomic E-state index is 11.6. The number of nitriles is 2. The molecule has 152 valence electrons. The van der Waals surface area contributed by atoms with Crippen molar-refractivity contribution in [3.8, 4) is 12.1 Å². The van der Waals surface area contributed by atoms with Gasteiger partial charge in [0.25, 0.3) is 5.91 Å². The Morgan fingerprint density at radius 1 is 1.10 bits per heavy atom. The number of nitrogens with zero attached hydrogens (tertiary/aromatic N) is 3. The van der Waals surface area contributed by atoms with Gasteiger partial charge >= 0.3 is 6.09 Å². The first-order chi connectivity index (χ1) is 14.1. The lowest BCUT2D eigenvalue weighted by molar-refractivity contribution is -0.114. The van der Waals surface area contributed by atoms with E-state index in [1.165, 1.54) is 23.5 Å². The third-order valence-electron chi connectivity index (χ3n) is 4.03. The highest BCUT2D eigenvalue weighted by Gasteiger charge is 2.33. The summed E-state index contributed by atoms with van der Waals surface area (Å²) in [7, 11) is 0. The first-order valence-corrected chi connectivity index (χ1v) is 9.20. The molecule has 30 heavy (non-hydrogen) atoms. The Labute approximate surface area is 186 Å². The molecule has 0 spiro atoms. The van der Waals surface area contributed by atoms with Crippen molar-refractivity contribution in [2.45, 2.75) is 12.3 Å². The van der Waals surface area contributed by atoms with E-state index in [0.29, 0.717) is 16.1 Å². The van der Waals surface area contributed by atoms with Crippen LogP contribution < -0.4 is 10.7 Å². The van der Waals surface area contributed by atoms with Gasteiger partial charge in [-0.3, -0.25) is 15.5 Å². The van der Waals surface area contributed by atoms with E-state index in [1.807, 2.05) is 0 Å². The van der Waals surface area contributed by atoms with Gasteiger partial charge in [0.15, 0.2) is 0 Å². The first-order valence-electron chi connectivity index (χ1n) is 8.07. The van der Waals surface area contributed by atoms with Gasteiger partial charge in [-0.25, -0.2) is 4.79 Å². The van der Waals surface area contributed by atoms with E-state index in [4.69, 9.17) is 45.2 Å². The van der Waals surface area contributed by atoms with E-state index in [1.54, 1.807) is 31.2 Å². The van der Waals surface area contributed by atoms with Crippen LogP contribution in [0.2, 0.25) is 15.1 Å². The Balaban J connectivity index is 2.42. The molecule has 0 fully saturated rings. The lowest BCUT2D eigenvalue weighted by Gasteiger charge is -2.25. The topological polar surface area (TPSA) is 138 Å². The van der Waals surface area contributed by atoms with E-state index in [-0.39, 0.29) is 15.7 Å². The van der Waals surface area contributed by atoms with Crippen LogP contribution in [0, 0.1) is 22.7 Å². The number of hydrazone groups is 1. The van der Waals surface area contributed by atoms with E-state index in [2.05, 4.69) is 16.6 Å². The van der Waals surface area contributed by atoms with E-state index in [0.717, 1.165) is 0 Å². The van der Waals surface area contributed by atoms with Gasteiger partial charge in [0, 0.05) is 20.6 Å². The van der Waals surface area contributed by atoms with Gasteiger partial charge < -0.3 is 5.11 Å². The maximum absolute atomic E-state index is 11.6. The monoisotopic (exact) mass is 463 g/mol. The number of imide groups is 1. The molecule has 0 aliphatic carbocycles. The van der Waals surface area contributed by atoms with Gasteiger partial charge in [-0.2, -0.15) is 15.6 Å². The Morgan fingerprint density at radius 2 is 1.67 bits per heavy atom. The number of anilines is 1. The fourth-order valence-corrected chi connectivity index (χ4v) is 3.56. The van der Waals surface area contributed by atoms with Crippen molar-refractivity contribution in [3.05, 3.63) is 62.6 Å². The Morgan fingerprint density at radius 3 is 2.13 bits per heavy atom. The minimum atomic E-state index is -1.63. The second-order valence-corrected chi connectivity index (χ2v) is 7.25. The Bertz CT molecular complexity index is 1100. The van der Waals surface area contributed by atoms with Gasteiger partial charge in [0.1, 0.15) is 11.5 Å². The first kappa shape index (κ1) is 23.0. The molecule has 2 rings (SSSR count). The number of rotatable bonds is 5. The minimum Gasteiger partial charge on any atom is -0.465 e. The number of benzene rings is 2. The maximum Gasteiger partial charge on any atom is 0.411 e. The van der Waals surface area contributed by atoms with Crippen LogP contribution in [0.3, 0.4) is 0 Å². The zero-order chi connectivity index (χ0) is 22.5. The number of nitrogens with one attached hydrogen (secondary N) is 2. The zero-order valence-corrected chi connectivity index (χ0v) is 17.5. The van der Waals surface area contributed by atoms with Crippen molar-refractivity contribution in [1.82, 2.24) is 5.32 Å². The van der Waals surface area contributed by atoms with E-state index >= 15 is 0 Å². The molecule has 3 N–H and O–H groups in total. The fraction of sp³-hybridized carbons (Fsp3) is 0.105. The lowest BCUT2D eigenvalue weighted by atomic mass is 9.77. The highest BCUT2D eigenvalue weighted by Crippen LogP contribution is 2.42. The SMILES string of the molecule is CC(C#N)(c1ccc(Cl)cc1)c1c(Cl)cc(NN=C(C#N)C(=O)NC(=O)O)cc1Cl. The van der Waals surface area contributed by atoms with Crippen molar-refractivity contribution >= 4 is 58.2 Å². The van der Waals surface area contributed by atoms with Crippen molar-refractivity contribution in [2.24, 2.45) is 5.10 Å². The molecule has 11 heteroatoms. The van der Waals surface area contributed by atoms with Crippen molar-refractivity contribution < 1.29 is 14.7 Å². The third kappa shape index (κ3) is 5.00. The average Bonchev–Trinajstić information content (AvgIpc) is 2.67. The molecular weight excluding hydrogens is 453 g/mol. The summed E-state index contributed by atoms with van der Waals surface area (Å²) in [6.07, 6.45) is -1.63. The van der Waals surface area contributed by atoms with Crippen LogP contribution in [0.4, 0.5) is 10.5 Å². The molecule has 1 atom stereocenters. The molecule has 2 aromatic rings. The highest BCUT2D eigenvalue weighted by molar-refractivity contribution is 6.46. The van der Waals surface area contributed by atoms with E-state index < -0.39 is 23.1 Å². The van der Waals surface area contributed by atoms with Crippen LogP contribution in [0.15, 0.2) is 41.5 Å². The molecule has 0 aliphatic rings. The molecule has 0 saturated heterocycles. The summed E-state index contributed by atoms with van der Waals surface area (Å²) in [5, 5.41) is 33.2. The predicted octanol–water partition coefficient (Wildman–Crippen LogP) is 4.56. The van der Waals surface area contributed by atoms with Gasteiger partial charge in [-0.05, 0) is 36.8 Å². The normalized spacial score (nSPS) is 12.8. The molecule has 0 heterocycles. The summed E-state index contributed by atoms with van der Waals surface area (Å²) in [6, 6.07) is 13.2. The van der Waals surface area contributed by atoms with Crippen LogP contribution in [0.25, 0.3) is 0 Å². The average molecular weight is 465 g/mol. The van der Waals surface area contributed by atoms with Gasteiger partial charge in [-0.1, -0.05) is 46.9 Å². The zero-order valence-electron chi connectivity index (χ0n) is 15.2. The molecule has 0 saturated carbocycles. The minimum absolute atomic E-state index is 0.132. The molecule has 1 unspecified atom stereocenters. The van der Waals surface area contributed by atoms with Crippen LogP contribution in [0.5, 0.6) is 0 Å². The third-order valence-corrected chi connectivity index (χ3v) is 4.87. The van der Waals surface area contributed by atoms with Crippen LogP contribution in [-0.2, 0) is 10.2 Å². The number of amides is 2. The van der Waals surface area contributed by atoms with Gasteiger partial charge in [0.05, 0.1) is 11.8 Å². The number of carbonyl (C=O) groups is 2. The highest BCUT2D eigenvalue weighted by atomic mass is 35.5. The van der Waals surface area contributed by atoms with Crippen molar-refractivity contribution in [1.29, 1.82) is 10.5 Å².